The van der Waals surface area contributed by atoms with Gasteiger partial charge in [-0.3, -0.25) is 9.59 Å². The number of rotatable bonds is 12. The number of halogens is 3. The summed E-state index contributed by atoms with van der Waals surface area (Å²) in [5.74, 6) is -1.41. The van der Waals surface area contributed by atoms with Gasteiger partial charge in [0.2, 0.25) is 11.8 Å². The summed E-state index contributed by atoms with van der Waals surface area (Å²) in [5.41, 5.74) is 0.523. The smallest absolute Gasteiger partial charge is 0.304 e. The van der Waals surface area contributed by atoms with E-state index in [4.69, 9.17) is 23.2 Å². The fourth-order valence-corrected chi connectivity index (χ4v) is 5.09. The van der Waals surface area contributed by atoms with Crippen molar-refractivity contribution in [3.63, 3.8) is 0 Å². The van der Waals surface area contributed by atoms with Crippen molar-refractivity contribution >= 4 is 50.9 Å². The van der Waals surface area contributed by atoms with Crippen molar-refractivity contribution in [1.82, 2.24) is 14.5 Å². The molecule has 2 aromatic carbocycles. The normalized spacial score (nSPS) is 12.5. The van der Waals surface area contributed by atoms with Crippen LogP contribution in [-0.4, -0.2) is 62.7 Å². The maximum absolute atomic E-state index is 13.8. The Balaban J connectivity index is 2.54. The van der Waals surface area contributed by atoms with Crippen LogP contribution in [0.4, 0.5) is 10.1 Å². The predicted octanol–water partition coefficient (Wildman–Crippen LogP) is 4.32. The van der Waals surface area contributed by atoms with Gasteiger partial charge in [-0.15, -0.1) is 0 Å². The Morgan fingerprint density at radius 1 is 1.03 bits per heavy atom. The SMILES string of the molecule is CC[C@H](C(=O)NCC(C)C)N(Cc1c(Cl)cccc1Cl)C(=O)CN(c1ccc(F)cc1)S(=O)(=O)N(C)C. The van der Waals surface area contributed by atoms with Gasteiger partial charge in [0.25, 0.3) is 0 Å². The van der Waals surface area contributed by atoms with Crippen LogP contribution in [0.25, 0.3) is 0 Å². The van der Waals surface area contributed by atoms with E-state index in [1.165, 1.54) is 31.1 Å². The molecule has 0 fully saturated rings. The molecule has 1 N–H and O–H groups in total. The van der Waals surface area contributed by atoms with E-state index in [-0.39, 0.29) is 30.5 Å². The van der Waals surface area contributed by atoms with Gasteiger partial charge in [0.1, 0.15) is 18.4 Å². The van der Waals surface area contributed by atoms with Gasteiger partial charge in [0.15, 0.2) is 0 Å². The lowest BCUT2D eigenvalue weighted by Crippen LogP contribution is -2.53. The van der Waals surface area contributed by atoms with Gasteiger partial charge in [0, 0.05) is 42.8 Å². The molecule has 2 amide bonds. The third-order valence-electron chi connectivity index (χ3n) is 5.59. The van der Waals surface area contributed by atoms with Crippen LogP contribution in [0.3, 0.4) is 0 Å². The van der Waals surface area contributed by atoms with Gasteiger partial charge in [-0.2, -0.15) is 12.7 Å². The molecule has 2 aromatic rings. The van der Waals surface area contributed by atoms with Crippen molar-refractivity contribution < 1.29 is 22.4 Å². The molecule has 0 heterocycles. The van der Waals surface area contributed by atoms with Gasteiger partial charge >= 0.3 is 10.2 Å². The van der Waals surface area contributed by atoms with E-state index >= 15 is 0 Å². The number of carbonyl (C=O) groups excluding carboxylic acids is 2. The predicted molar refractivity (Wildman–Crippen MR) is 145 cm³/mol. The van der Waals surface area contributed by atoms with E-state index in [1.807, 2.05) is 13.8 Å². The average Bonchev–Trinajstić information content (AvgIpc) is 2.83. The fraction of sp³-hybridized carbons (Fsp3) is 0.440. The Morgan fingerprint density at radius 2 is 1.59 bits per heavy atom. The van der Waals surface area contributed by atoms with E-state index in [2.05, 4.69) is 5.32 Å². The van der Waals surface area contributed by atoms with Crippen LogP contribution in [0.15, 0.2) is 42.5 Å². The molecule has 0 aliphatic carbocycles. The van der Waals surface area contributed by atoms with Gasteiger partial charge < -0.3 is 10.2 Å². The number of nitrogens with zero attached hydrogens (tertiary/aromatic N) is 3. The fourth-order valence-electron chi connectivity index (χ4n) is 3.52. The zero-order valence-corrected chi connectivity index (χ0v) is 23.9. The van der Waals surface area contributed by atoms with E-state index in [1.54, 1.807) is 25.1 Å². The molecule has 0 saturated carbocycles. The van der Waals surface area contributed by atoms with Gasteiger partial charge in [-0.1, -0.05) is 50.0 Å². The van der Waals surface area contributed by atoms with Crippen molar-refractivity contribution in [3.8, 4) is 0 Å². The van der Waals surface area contributed by atoms with Crippen molar-refractivity contribution in [3.05, 3.63) is 63.9 Å². The van der Waals surface area contributed by atoms with Crippen LogP contribution in [-0.2, 0) is 26.3 Å². The van der Waals surface area contributed by atoms with Crippen molar-refractivity contribution in [2.24, 2.45) is 5.92 Å². The number of hydrogen-bond donors (Lipinski definition) is 1. The molecule has 8 nitrogen and oxygen atoms in total. The molecule has 0 aromatic heterocycles. The highest BCUT2D eigenvalue weighted by molar-refractivity contribution is 7.90. The maximum Gasteiger partial charge on any atom is 0.304 e. The van der Waals surface area contributed by atoms with E-state index in [0.29, 0.717) is 22.2 Å². The summed E-state index contributed by atoms with van der Waals surface area (Å²) in [7, 11) is -1.50. The minimum Gasteiger partial charge on any atom is -0.354 e. The monoisotopic (exact) mass is 574 g/mol. The highest BCUT2D eigenvalue weighted by Crippen LogP contribution is 2.28. The van der Waals surface area contributed by atoms with Crippen LogP contribution >= 0.6 is 23.2 Å². The Bertz CT molecular complexity index is 1170. The highest BCUT2D eigenvalue weighted by atomic mass is 35.5. The molecule has 0 saturated heterocycles. The summed E-state index contributed by atoms with van der Waals surface area (Å²) in [5, 5.41) is 3.45. The summed E-state index contributed by atoms with van der Waals surface area (Å²) in [6.45, 7) is 5.29. The molecule has 0 unspecified atom stereocenters. The molecule has 0 radical (unpaired) electrons. The summed E-state index contributed by atoms with van der Waals surface area (Å²) in [6.07, 6.45) is 0.259. The largest absolute Gasteiger partial charge is 0.354 e. The highest BCUT2D eigenvalue weighted by Gasteiger charge is 2.34. The first-order valence-corrected chi connectivity index (χ1v) is 13.9. The number of carbonyl (C=O) groups is 2. The molecular weight excluding hydrogens is 542 g/mol. The van der Waals surface area contributed by atoms with Gasteiger partial charge in [0.05, 0.1) is 5.69 Å². The van der Waals surface area contributed by atoms with Crippen molar-refractivity contribution in [2.45, 2.75) is 39.8 Å². The molecule has 0 bridgehead atoms. The second-order valence-electron chi connectivity index (χ2n) is 9.06. The molecule has 0 spiro atoms. The Morgan fingerprint density at radius 3 is 2.08 bits per heavy atom. The molecule has 0 aliphatic rings. The van der Waals surface area contributed by atoms with Crippen LogP contribution in [0.5, 0.6) is 0 Å². The molecule has 2 rings (SSSR count). The van der Waals surface area contributed by atoms with Gasteiger partial charge in [-0.25, -0.2) is 8.70 Å². The summed E-state index contributed by atoms with van der Waals surface area (Å²) >= 11 is 12.7. The first-order chi connectivity index (χ1) is 17.3. The molecular formula is C25H33Cl2FN4O4S. The number of nitrogens with one attached hydrogen (secondary N) is 1. The molecule has 37 heavy (non-hydrogen) atoms. The molecule has 1 atom stereocenters. The van der Waals surface area contributed by atoms with Crippen LogP contribution in [0, 0.1) is 11.7 Å². The number of amides is 2. The van der Waals surface area contributed by atoms with Gasteiger partial charge in [-0.05, 0) is 48.7 Å². The van der Waals surface area contributed by atoms with Crippen LogP contribution in [0.2, 0.25) is 10.0 Å². The lowest BCUT2D eigenvalue weighted by molar-refractivity contribution is -0.140. The van der Waals surface area contributed by atoms with Crippen molar-refractivity contribution in [1.29, 1.82) is 0 Å². The topological polar surface area (TPSA) is 90.0 Å². The number of hydrogen-bond acceptors (Lipinski definition) is 4. The maximum atomic E-state index is 13.8. The molecule has 12 heteroatoms. The van der Waals surface area contributed by atoms with E-state index < -0.39 is 34.5 Å². The first-order valence-electron chi connectivity index (χ1n) is 11.7. The number of benzene rings is 2. The summed E-state index contributed by atoms with van der Waals surface area (Å²) < 4.78 is 41.7. The second-order valence-corrected chi connectivity index (χ2v) is 11.9. The Kier molecular flexibility index (Phi) is 11.2. The van der Waals surface area contributed by atoms with E-state index in [9.17, 15) is 22.4 Å². The quantitative estimate of drug-likeness (QED) is 0.408. The summed E-state index contributed by atoms with van der Waals surface area (Å²) in [4.78, 5) is 28.2. The zero-order valence-electron chi connectivity index (χ0n) is 21.5. The summed E-state index contributed by atoms with van der Waals surface area (Å²) in [6, 6.07) is 8.72. The lowest BCUT2D eigenvalue weighted by Gasteiger charge is -2.34. The van der Waals surface area contributed by atoms with Crippen LogP contribution < -0.4 is 9.62 Å². The Hall–Kier alpha value is -2.40. The molecule has 204 valence electrons. The average molecular weight is 576 g/mol. The Labute approximate surface area is 228 Å². The second kappa shape index (κ2) is 13.4. The molecule has 0 aliphatic heterocycles. The standard InChI is InChI=1S/C25H33Cl2FN4O4S/c1-6-23(25(34)29-14-17(2)3)31(15-20-21(26)8-7-9-22(20)27)24(33)16-32(37(35,36)30(4)5)19-12-10-18(28)11-13-19/h7-13,17,23H,6,14-16H2,1-5H3,(H,29,34)/t23-/m1/s1. The van der Waals surface area contributed by atoms with Crippen LogP contribution in [0.1, 0.15) is 32.8 Å². The lowest BCUT2D eigenvalue weighted by atomic mass is 10.1. The zero-order chi connectivity index (χ0) is 27.9. The number of anilines is 1. The third-order valence-corrected chi connectivity index (χ3v) is 8.12. The van der Waals surface area contributed by atoms with E-state index in [0.717, 1.165) is 20.7 Å². The van der Waals surface area contributed by atoms with Crippen molar-refractivity contribution in [2.75, 3.05) is 31.5 Å². The third kappa shape index (κ3) is 8.04. The minimum absolute atomic E-state index is 0.0940. The minimum atomic E-state index is -4.15. The first kappa shape index (κ1) is 30.8.